The third-order valence-electron chi connectivity index (χ3n) is 5.47. The van der Waals surface area contributed by atoms with E-state index in [1.54, 1.807) is 11.3 Å². The number of rotatable bonds is 5. The van der Waals surface area contributed by atoms with Crippen LogP contribution in [0.5, 0.6) is 5.75 Å². The Balaban J connectivity index is 1.56. The van der Waals surface area contributed by atoms with Gasteiger partial charge in [0.05, 0.1) is 5.56 Å². The van der Waals surface area contributed by atoms with Crippen LogP contribution in [0.2, 0.25) is 0 Å². The van der Waals surface area contributed by atoms with Crippen molar-refractivity contribution in [2.45, 2.75) is 50.7 Å². The van der Waals surface area contributed by atoms with Gasteiger partial charge in [0, 0.05) is 17.0 Å². The van der Waals surface area contributed by atoms with Crippen LogP contribution in [0.1, 0.15) is 54.4 Å². The van der Waals surface area contributed by atoms with Crippen LogP contribution in [0.3, 0.4) is 0 Å². The van der Waals surface area contributed by atoms with Gasteiger partial charge in [-0.1, -0.05) is 18.6 Å². The van der Waals surface area contributed by atoms with Crippen LogP contribution in [-0.4, -0.2) is 35.9 Å². The Kier molecular flexibility index (Phi) is 5.18. The van der Waals surface area contributed by atoms with Gasteiger partial charge in [-0.25, -0.2) is 0 Å². The van der Waals surface area contributed by atoms with Gasteiger partial charge in [-0.15, -0.1) is 0 Å². The highest BCUT2D eigenvalue weighted by Gasteiger charge is 2.33. The van der Waals surface area contributed by atoms with Crippen LogP contribution in [0.4, 0.5) is 0 Å². The molecule has 2 atom stereocenters. The van der Waals surface area contributed by atoms with Gasteiger partial charge in [0.25, 0.3) is 0 Å². The summed E-state index contributed by atoms with van der Waals surface area (Å²) in [5.41, 5.74) is 1.44. The first-order valence-electron chi connectivity index (χ1n) is 9.39. The summed E-state index contributed by atoms with van der Waals surface area (Å²) in [6.45, 7) is 2.39. The molecule has 1 aliphatic heterocycles. The maximum Gasteiger partial charge on any atom is 0.197 e. The highest BCUT2D eigenvalue weighted by atomic mass is 32.1. The molecule has 1 aromatic heterocycles. The number of ketones is 1. The molecule has 1 saturated carbocycles. The lowest BCUT2D eigenvalue weighted by Gasteiger charge is -2.38. The van der Waals surface area contributed by atoms with Crippen molar-refractivity contribution in [1.29, 1.82) is 0 Å². The quantitative estimate of drug-likeness (QED) is 0.724. The van der Waals surface area contributed by atoms with E-state index in [4.69, 9.17) is 4.74 Å². The van der Waals surface area contributed by atoms with Crippen LogP contribution in [0, 0.1) is 0 Å². The van der Waals surface area contributed by atoms with E-state index in [0.717, 1.165) is 17.7 Å². The number of carbonyl (C=O) groups is 1. The van der Waals surface area contributed by atoms with E-state index in [1.165, 1.54) is 45.2 Å². The Morgan fingerprint density at radius 3 is 2.64 bits per heavy atom. The van der Waals surface area contributed by atoms with E-state index >= 15 is 0 Å². The number of ether oxygens (including phenoxy) is 1. The van der Waals surface area contributed by atoms with Crippen molar-refractivity contribution in [2.24, 2.45) is 0 Å². The number of hydrogen-bond donors (Lipinski definition) is 0. The second kappa shape index (κ2) is 7.71. The molecule has 1 aliphatic carbocycles. The number of thiophene rings is 1. The Hall–Kier alpha value is -1.65. The second-order valence-electron chi connectivity index (χ2n) is 7.09. The minimum Gasteiger partial charge on any atom is -0.488 e. The standard InChI is InChI=1S/C21H25NO2S/c23-21(16-11-14-25-15-16)17-7-1-3-9-19(17)24-20-10-4-2-8-18(20)22-12-5-6-13-22/h1,3,7,9,11,14-15,18,20H,2,4-6,8,10,12-13H2/t18-,20-/m1/s1. The third-order valence-corrected chi connectivity index (χ3v) is 6.15. The third kappa shape index (κ3) is 3.65. The molecule has 0 radical (unpaired) electrons. The normalized spacial score (nSPS) is 24.3. The van der Waals surface area contributed by atoms with Crippen molar-refractivity contribution in [2.75, 3.05) is 13.1 Å². The summed E-state index contributed by atoms with van der Waals surface area (Å²) in [6, 6.07) is 10.1. The zero-order valence-electron chi connectivity index (χ0n) is 14.5. The van der Waals surface area contributed by atoms with E-state index in [1.807, 2.05) is 41.1 Å². The van der Waals surface area contributed by atoms with Crippen molar-refractivity contribution >= 4 is 17.1 Å². The van der Waals surface area contributed by atoms with Gasteiger partial charge in [0.15, 0.2) is 5.78 Å². The average Bonchev–Trinajstić information content (AvgIpc) is 3.36. The Labute approximate surface area is 153 Å². The molecule has 0 amide bonds. The first-order valence-corrected chi connectivity index (χ1v) is 10.3. The topological polar surface area (TPSA) is 29.5 Å². The van der Waals surface area contributed by atoms with Crippen LogP contribution in [0.25, 0.3) is 0 Å². The van der Waals surface area contributed by atoms with Gasteiger partial charge in [-0.05, 0) is 68.8 Å². The summed E-state index contributed by atoms with van der Waals surface area (Å²) in [7, 11) is 0. The lowest BCUT2D eigenvalue weighted by atomic mass is 9.91. The highest BCUT2D eigenvalue weighted by Crippen LogP contribution is 2.31. The minimum absolute atomic E-state index is 0.0605. The van der Waals surface area contributed by atoms with Crippen LogP contribution < -0.4 is 4.74 Å². The smallest absolute Gasteiger partial charge is 0.197 e. The molecule has 0 N–H and O–H groups in total. The number of carbonyl (C=O) groups excluding carboxylic acids is 1. The number of nitrogens with zero attached hydrogens (tertiary/aromatic N) is 1. The van der Waals surface area contributed by atoms with Gasteiger partial charge < -0.3 is 4.74 Å². The maximum atomic E-state index is 12.8. The summed E-state index contributed by atoms with van der Waals surface area (Å²) in [5.74, 6) is 0.806. The maximum absolute atomic E-state index is 12.8. The molecule has 1 saturated heterocycles. The first kappa shape index (κ1) is 16.8. The lowest BCUT2D eigenvalue weighted by Crippen LogP contribution is -2.46. The summed E-state index contributed by atoms with van der Waals surface area (Å²) in [4.78, 5) is 15.4. The Morgan fingerprint density at radius 2 is 1.84 bits per heavy atom. The molecule has 2 fully saturated rings. The monoisotopic (exact) mass is 355 g/mol. The molecular weight excluding hydrogens is 330 g/mol. The largest absolute Gasteiger partial charge is 0.488 e. The van der Waals surface area contributed by atoms with E-state index in [9.17, 15) is 4.79 Å². The van der Waals surface area contributed by atoms with Crippen molar-refractivity contribution in [3.05, 3.63) is 52.2 Å². The molecule has 0 bridgehead atoms. The fraction of sp³-hybridized carbons (Fsp3) is 0.476. The van der Waals surface area contributed by atoms with Crippen molar-refractivity contribution in [1.82, 2.24) is 4.90 Å². The zero-order chi connectivity index (χ0) is 17.1. The Bertz CT molecular complexity index is 706. The SMILES string of the molecule is O=C(c1ccsc1)c1ccccc1O[C@@H]1CCCC[C@H]1N1CCCC1. The highest BCUT2D eigenvalue weighted by molar-refractivity contribution is 7.08. The van der Waals surface area contributed by atoms with E-state index in [-0.39, 0.29) is 11.9 Å². The van der Waals surface area contributed by atoms with Crippen molar-refractivity contribution in [3.63, 3.8) is 0 Å². The van der Waals surface area contributed by atoms with Gasteiger partial charge in [0.2, 0.25) is 0 Å². The molecule has 2 aromatic rings. The second-order valence-corrected chi connectivity index (χ2v) is 7.87. The van der Waals surface area contributed by atoms with Gasteiger partial charge in [0.1, 0.15) is 11.9 Å². The molecule has 4 heteroatoms. The van der Waals surface area contributed by atoms with E-state index < -0.39 is 0 Å². The van der Waals surface area contributed by atoms with Crippen LogP contribution in [-0.2, 0) is 0 Å². The number of benzene rings is 1. The predicted octanol–water partition coefficient (Wildman–Crippen LogP) is 4.76. The molecule has 0 unspecified atom stereocenters. The van der Waals surface area contributed by atoms with Gasteiger partial charge in [-0.2, -0.15) is 11.3 Å². The molecular formula is C21H25NO2S. The molecule has 2 heterocycles. The zero-order valence-corrected chi connectivity index (χ0v) is 15.3. The lowest BCUT2D eigenvalue weighted by molar-refractivity contribution is 0.0478. The molecule has 2 aliphatic rings. The number of hydrogen-bond acceptors (Lipinski definition) is 4. The van der Waals surface area contributed by atoms with Gasteiger partial charge >= 0.3 is 0 Å². The van der Waals surface area contributed by atoms with E-state index in [2.05, 4.69) is 4.90 Å². The number of para-hydroxylation sites is 1. The molecule has 3 nitrogen and oxygen atoms in total. The fourth-order valence-electron chi connectivity index (χ4n) is 4.17. The molecule has 132 valence electrons. The van der Waals surface area contributed by atoms with Crippen LogP contribution in [0.15, 0.2) is 41.1 Å². The van der Waals surface area contributed by atoms with Crippen molar-refractivity contribution in [3.8, 4) is 5.75 Å². The summed E-state index contributed by atoms with van der Waals surface area (Å²) in [6.07, 6.45) is 7.61. The molecule has 4 rings (SSSR count). The summed E-state index contributed by atoms with van der Waals surface area (Å²) in [5, 5.41) is 3.86. The molecule has 25 heavy (non-hydrogen) atoms. The first-order chi connectivity index (χ1) is 12.3. The van der Waals surface area contributed by atoms with Crippen LogP contribution >= 0.6 is 11.3 Å². The summed E-state index contributed by atoms with van der Waals surface area (Å²) >= 11 is 1.55. The Morgan fingerprint density at radius 1 is 1.04 bits per heavy atom. The number of likely N-dealkylation sites (tertiary alicyclic amines) is 1. The minimum atomic E-state index is 0.0605. The molecule has 0 spiro atoms. The summed E-state index contributed by atoms with van der Waals surface area (Å²) < 4.78 is 6.47. The van der Waals surface area contributed by atoms with Crippen molar-refractivity contribution < 1.29 is 9.53 Å². The fourth-order valence-corrected chi connectivity index (χ4v) is 4.81. The average molecular weight is 356 g/mol. The predicted molar refractivity (Wildman–Crippen MR) is 102 cm³/mol. The van der Waals surface area contributed by atoms with E-state index in [0.29, 0.717) is 11.6 Å². The molecule has 1 aromatic carbocycles. The van der Waals surface area contributed by atoms with Gasteiger partial charge in [-0.3, -0.25) is 9.69 Å².